The number of esters is 1. The highest BCUT2D eigenvalue weighted by Crippen LogP contribution is 2.40. The average Bonchev–Trinajstić information content (AvgIpc) is 2.75. The summed E-state index contributed by atoms with van der Waals surface area (Å²) < 4.78 is 23.2. The molecule has 2 aromatic heterocycles. The smallest absolute Gasteiger partial charge is 0.331 e. The zero-order chi connectivity index (χ0) is 21.1. The first-order chi connectivity index (χ1) is 14.5. The normalized spacial score (nSPS) is 12.9. The maximum Gasteiger partial charge on any atom is 0.331 e. The van der Waals surface area contributed by atoms with Crippen molar-refractivity contribution in [2.45, 2.75) is 13.5 Å². The van der Waals surface area contributed by atoms with Gasteiger partial charge in [0, 0.05) is 17.8 Å². The van der Waals surface area contributed by atoms with E-state index in [1.54, 1.807) is 24.3 Å². The maximum absolute atomic E-state index is 12.3. The van der Waals surface area contributed by atoms with Gasteiger partial charge in [-0.2, -0.15) is 0 Å². The largest absolute Gasteiger partial charge is 0.493 e. The van der Waals surface area contributed by atoms with Crippen molar-refractivity contribution in [3.63, 3.8) is 0 Å². The van der Waals surface area contributed by atoms with Gasteiger partial charge in [0.2, 0.25) is 5.75 Å². The van der Waals surface area contributed by atoms with Gasteiger partial charge >= 0.3 is 5.97 Å². The molecule has 0 aliphatic carbocycles. The number of methoxy groups -OCH3 is 1. The highest BCUT2D eigenvalue weighted by atomic mass is 16.6. The number of nitrogens with zero attached hydrogens (tertiary/aromatic N) is 2. The third kappa shape index (κ3) is 3.98. The highest BCUT2D eigenvalue weighted by Gasteiger charge is 2.17. The standard InChI is InChI=1S/C22H20N2O6/c1-14-4-3-5-19-23-16(12-20(25)24(14)19)13-30-21(26)7-6-15-10-17(27-2)22-18(11-15)28-8-9-29-22/h3-7,10-12H,8-9,13H2,1-2H3/b7-6+. The van der Waals surface area contributed by atoms with Gasteiger partial charge in [-0.15, -0.1) is 0 Å². The number of aryl methyl sites for hydroxylation is 1. The summed E-state index contributed by atoms with van der Waals surface area (Å²) in [7, 11) is 1.54. The number of carbonyl (C=O) groups excluding carboxylic acids is 1. The molecule has 0 unspecified atom stereocenters. The Hall–Kier alpha value is -3.81. The summed E-state index contributed by atoms with van der Waals surface area (Å²) >= 11 is 0. The van der Waals surface area contributed by atoms with E-state index in [9.17, 15) is 9.59 Å². The molecule has 0 N–H and O–H groups in total. The van der Waals surface area contributed by atoms with Crippen LogP contribution in [0.2, 0.25) is 0 Å². The number of carbonyl (C=O) groups is 1. The number of benzene rings is 1. The molecule has 154 valence electrons. The molecular formula is C22H20N2O6. The first kappa shape index (κ1) is 19.5. The van der Waals surface area contributed by atoms with Crippen LogP contribution in [0.4, 0.5) is 0 Å². The minimum atomic E-state index is -0.560. The summed E-state index contributed by atoms with van der Waals surface area (Å²) in [6, 6.07) is 10.2. The van der Waals surface area contributed by atoms with Crippen LogP contribution in [0, 0.1) is 6.92 Å². The van der Waals surface area contributed by atoms with E-state index in [0.717, 1.165) is 5.69 Å². The average molecular weight is 408 g/mol. The molecule has 1 aliphatic heterocycles. The van der Waals surface area contributed by atoms with Crippen LogP contribution < -0.4 is 19.8 Å². The van der Waals surface area contributed by atoms with E-state index in [2.05, 4.69) is 4.98 Å². The quantitative estimate of drug-likeness (QED) is 0.473. The number of hydrogen-bond donors (Lipinski definition) is 0. The summed E-state index contributed by atoms with van der Waals surface area (Å²) in [6.07, 6.45) is 2.89. The zero-order valence-corrected chi connectivity index (χ0v) is 16.6. The SMILES string of the molecule is COc1cc(/C=C/C(=O)OCc2cc(=O)n3c(C)cccc3n2)cc2c1OCCO2. The lowest BCUT2D eigenvalue weighted by atomic mass is 10.1. The number of fused-ring (bicyclic) bond motifs is 2. The van der Waals surface area contributed by atoms with Crippen LogP contribution in [0.5, 0.6) is 17.2 Å². The number of rotatable bonds is 5. The van der Waals surface area contributed by atoms with Gasteiger partial charge < -0.3 is 18.9 Å². The first-order valence-electron chi connectivity index (χ1n) is 9.36. The van der Waals surface area contributed by atoms with Crippen molar-refractivity contribution in [3.8, 4) is 17.2 Å². The number of ether oxygens (including phenoxy) is 4. The monoisotopic (exact) mass is 408 g/mol. The Kier molecular flexibility index (Phi) is 5.38. The summed E-state index contributed by atoms with van der Waals surface area (Å²) in [6.45, 7) is 2.63. The van der Waals surface area contributed by atoms with Crippen LogP contribution in [0.15, 0.2) is 47.3 Å². The second-order valence-corrected chi connectivity index (χ2v) is 6.63. The van der Waals surface area contributed by atoms with Crippen molar-refractivity contribution in [2.24, 2.45) is 0 Å². The first-order valence-corrected chi connectivity index (χ1v) is 9.36. The van der Waals surface area contributed by atoms with Crippen molar-refractivity contribution < 1.29 is 23.7 Å². The molecular weight excluding hydrogens is 388 g/mol. The molecule has 0 spiro atoms. The van der Waals surface area contributed by atoms with Crippen LogP contribution in [-0.4, -0.2) is 35.7 Å². The molecule has 0 saturated heterocycles. The molecule has 3 heterocycles. The minimum Gasteiger partial charge on any atom is -0.493 e. The van der Waals surface area contributed by atoms with Gasteiger partial charge in [-0.3, -0.25) is 9.20 Å². The summed E-state index contributed by atoms with van der Waals surface area (Å²) in [5.41, 5.74) is 2.15. The van der Waals surface area contributed by atoms with Crippen molar-refractivity contribution in [2.75, 3.05) is 20.3 Å². The van der Waals surface area contributed by atoms with E-state index in [-0.39, 0.29) is 12.2 Å². The molecule has 0 fully saturated rings. The van der Waals surface area contributed by atoms with Gasteiger partial charge in [0.05, 0.1) is 12.8 Å². The molecule has 4 rings (SSSR count). The van der Waals surface area contributed by atoms with Crippen LogP contribution in [-0.2, 0) is 16.1 Å². The third-order valence-electron chi connectivity index (χ3n) is 4.56. The van der Waals surface area contributed by atoms with Crippen LogP contribution in [0.1, 0.15) is 17.0 Å². The molecule has 1 aliphatic rings. The fraction of sp³-hybridized carbons (Fsp3) is 0.227. The summed E-state index contributed by atoms with van der Waals surface area (Å²) in [5.74, 6) is 1.07. The summed E-state index contributed by atoms with van der Waals surface area (Å²) in [5, 5.41) is 0. The van der Waals surface area contributed by atoms with E-state index in [0.29, 0.717) is 47.4 Å². The van der Waals surface area contributed by atoms with Crippen LogP contribution in [0.25, 0.3) is 11.7 Å². The molecule has 8 nitrogen and oxygen atoms in total. The Morgan fingerprint density at radius 3 is 2.90 bits per heavy atom. The number of aromatic nitrogens is 2. The topological polar surface area (TPSA) is 88.4 Å². The predicted octanol–water partition coefficient (Wildman–Crippen LogP) is 2.54. The molecule has 30 heavy (non-hydrogen) atoms. The Balaban J connectivity index is 1.46. The fourth-order valence-corrected chi connectivity index (χ4v) is 3.18. The van der Waals surface area contributed by atoms with Crippen molar-refractivity contribution >= 4 is 17.7 Å². The lowest BCUT2D eigenvalue weighted by Crippen LogP contribution is -2.18. The zero-order valence-electron chi connectivity index (χ0n) is 16.6. The van der Waals surface area contributed by atoms with Crippen molar-refractivity contribution in [1.29, 1.82) is 0 Å². The Bertz CT molecular complexity index is 1180. The van der Waals surface area contributed by atoms with Crippen LogP contribution >= 0.6 is 0 Å². The maximum atomic E-state index is 12.3. The van der Waals surface area contributed by atoms with E-state index >= 15 is 0 Å². The Morgan fingerprint density at radius 1 is 1.23 bits per heavy atom. The van der Waals surface area contributed by atoms with Gasteiger partial charge in [-0.1, -0.05) is 6.07 Å². The van der Waals surface area contributed by atoms with Crippen LogP contribution in [0.3, 0.4) is 0 Å². The van der Waals surface area contributed by atoms with Gasteiger partial charge in [-0.05, 0) is 42.8 Å². The molecule has 3 aromatic rings. The highest BCUT2D eigenvalue weighted by molar-refractivity contribution is 5.87. The van der Waals surface area contributed by atoms with Gasteiger partial charge in [-0.25, -0.2) is 9.78 Å². The second kappa shape index (κ2) is 8.28. The van der Waals surface area contributed by atoms with Crippen molar-refractivity contribution in [1.82, 2.24) is 9.38 Å². The van der Waals surface area contributed by atoms with Gasteiger partial charge in [0.15, 0.2) is 11.5 Å². The van der Waals surface area contributed by atoms with Crippen molar-refractivity contribution in [3.05, 3.63) is 69.8 Å². The fourth-order valence-electron chi connectivity index (χ4n) is 3.18. The Labute approximate surface area is 172 Å². The number of pyridine rings is 1. The molecule has 0 bridgehead atoms. The van der Waals surface area contributed by atoms with E-state index in [1.807, 2.05) is 19.1 Å². The van der Waals surface area contributed by atoms with Gasteiger partial charge in [0.25, 0.3) is 5.56 Å². The molecule has 1 aromatic carbocycles. The molecule has 0 amide bonds. The Morgan fingerprint density at radius 2 is 2.07 bits per heavy atom. The molecule has 0 radical (unpaired) electrons. The molecule has 0 atom stereocenters. The molecule has 0 saturated carbocycles. The third-order valence-corrected chi connectivity index (χ3v) is 4.56. The second-order valence-electron chi connectivity index (χ2n) is 6.63. The lowest BCUT2D eigenvalue weighted by molar-refractivity contribution is -0.139. The summed E-state index contributed by atoms with van der Waals surface area (Å²) in [4.78, 5) is 28.8. The predicted molar refractivity (Wildman–Crippen MR) is 109 cm³/mol. The van der Waals surface area contributed by atoms with E-state index in [4.69, 9.17) is 18.9 Å². The van der Waals surface area contributed by atoms with Gasteiger partial charge in [0.1, 0.15) is 25.5 Å². The number of hydrogen-bond acceptors (Lipinski definition) is 7. The van der Waals surface area contributed by atoms with E-state index < -0.39 is 5.97 Å². The van der Waals surface area contributed by atoms with E-state index in [1.165, 1.54) is 23.7 Å². The minimum absolute atomic E-state index is 0.104. The lowest BCUT2D eigenvalue weighted by Gasteiger charge is -2.20. The molecule has 8 heteroatoms.